The summed E-state index contributed by atoms with van der Waals surface area (Å²) < 4.78 is 0. The van der Waals surface area contributed by atoms with Crippen molar-refractivity contribution < 1.29 is 14.5 Å². The molecule has 0 radical (unpaired) electrons. The summed E-state index contributed by atoms with van der Waals surface area (Å²) >= 11 is 6.11. The van der Waals surface area contributed by atoms with Gasteiger partial charge >= 0.3 is 0 Å². The summed E-state index contributed by atoms with van der Waals surface area (Å²) in [4.78, 5) is 40.7. The number of non-ortho nitro benzene ring substituents is 1. The Morgan fingerprint density at radius 1 is 0.906 bits per heavy atom. The van der Waals surface area contributed by atoms with Crippen molar-refractivity contribution in [2.75, 3.05) is 16.3 Å². The van der Waals surface area contributed by atoms with Crippen LogP contribution in [0.3, 0.4) is 0 Å². The molecule has 3 aromatic carbocycles. The molecule has 0 unspecified atom stereocenters. The molecule has 0 bridgehead atoms. The molecular formula is C24H16ClN3O4. The smallest absolute Gasteiger partial charge is 0.282 e. The van der Waals surface area contributed by atoms with Crippen molar-refractivity contribution in [1.82, 2.24) is 0 Å². The predicted molar refractivity (Wildman–Crippen MR) is 121 cm³/mol. The Balaban J connectivity index is 1.68. The first kappa shape index (κ1) is 20.0. The van der Waals surface area contributed by atoms with Crippen molar-refractivity contribution in [2.24, 2.45) is 0 Å². The van der Waals surface area contributed by atoms with E-state index in [0.717, 1.165) is 22.6 Å². The molecule has 0 fully saturated rings. The van der Waals surface area contributed by atoms with Crippen LogP contribution in [0.25, 0.3) is 5.57 Å². The molecule has 0 aromatic heterocycles. The molecule has 2 aliphatic rings. The normalized spacial score (nSPS) is 15.5. The molecular weight excluding hydrogens is 430 g/mol. The van der Waals surface area contributed by atoms with Crippen molar-refractivity contribution in [3.63, 3.8) is 0 Å². The third-order valence-electron chi connectivity index (χ3n) is 5.65. The number of nitrogens with zero attached hydrogens (tertiary/aromatic N) is 3. The molecule has 0 atom stereocenters. The fourth-order valence-corrected chi connectivity index (χ4v) is 4.38. The van der Waals surface area contributed by atoms with Crippen LogP contribution in [-0.4, -0.2) is 23.3 Å². The van der Waals surface area contributed by atoms with Gasteiger partial charge in [0, 0.05) is 29.4 Å². The van der Waals surface area contributed by atoms with Crippen LogP contribution in [-0.2, 0) is 16.0 Å². The number of rotatable bonds is 4. The summed E-state index contributed by atoms with van der Waals surface area (Å²) in [5.74, 6) is -0.951. The summed E-state index contributed by atoms with van der Waals surface area (Å²) in [5.41, 5.74) is 3.15. The highest BCUT2D eigenvalue weighted by Gasteiger charge is 2.44. The fraction of sp³-hybridized carbons (Fsp3) is 0.0833. The lowest BCUT2D eigenvalue weighted by molar-refractivity contribution is -0.384. The van der Waals surface area contributed by atoms with E-state index in [-0.39, 0.29) is 17.0 Å². The second-order valence-corrected chi connectivity index (χ2v) is 7.92. The third kappa shape index (κ3) is 3.14. The van der Waals surface area contributed by atoms with E-state index in [4.69, 9.17) is 11.6 Å². The highest BCUT2D eigenvalue weighted by molar-refractivity contribution is 6.46. The van der Waals surface area contributed by atoms with Crippen molar-refractivity contribution in [3.8, 4) is 0 Å². The van der Waals surface area contributed by atoms with Crippen LogP contribution >= 0.6 is 11.6 Å². The zero-order valence-electron chi connectivity index (χ0n) is 16.7. The van der Waals surface area contributed by atoms with Crippen LogP contribution in [0.5, 0.6) is 0 Å². The van der Waals surface area contributed by atoms with E-state index in [1.807, 2.05) is 29.2 Å². The van der Waals surface area contributed by atoms with Gasteiger partial charge in [-0.1, -0.05) is 35.9 Å². The minimum Gasteiger partial charge on any atom is -0.336 e. The van der Waals surface area contributed by atoms with E-state index in [9.17, 15) is 19.7 Å². The largest absolute Gasteiger partial charge is 0.336 e. The van der Waals surface area contributed by atoms with Gasteiger partial charge in [-0.3, -0.25) is 19.7 Å². The molecule has 2 amide bonds. The molecule has 0 saturated carbocycles. The van der Waals surface area contributed by atoms with Crippen LogP contribution < -0.4 is 9.80 Å². The van der Waals surface area contributed by atoms with E-state index < -0.39 is 16.7 Å². The number of carbonyl (C=O) groups is 2. The number of para-hydroxylation sites is 1. The monoisotopic (exact) mass is 445 g/mol. The topological polar surface area (TPSA) is 83.8 Å². The molecule has 7 nitrogen and oxygen atoms in total. The maximum absolute atomic E-state index is 13.6. The molecule has 5 rings (SSSR count). The Kier molecular flexibility index (Phi) is 4.75. The highest BCUT2D eigenvalue weighted by atomic mass is 35.5. The van der Waals surface area contributed by atoms with Gasteiger partial charge in [-0.05, 0) is 53.9 Å². The Morgan fingerprint density at radius 3 is 2.38 bits per heavy atom. The van der Waals surface area contributed by atoms with Crippen LogP contribution in [0.2, 0.25) is 5.02 Å². The number of fused-ring (bicyclic) bond motifs is 1. The van der Waals surface area contributed by atoms with Crippen molar-refractivity contribution in [3.05, 3.63) is 105 Å². The number of benzene rings is 3. The average Bonchev–Trinajstić information content (AvgIpc) is 3.31. The Bertz CT molecular complexity index is 1320. The number of carbonyl (C=O) groups excluding carboxylic acids is 2. The van der Waals surface area contributed by atoms with Crippen molar-refractivity contribution >= 4 is 46.1 Å². The molecule has 3 aromatic rings. The first-order valence-corrected chi connectivity index (χ1v) is 10.3. The van der Waals surface area contributed by atoms with E-state index in [2.05, 4.69) is 0 Å². The number of anilines is 2. The van der Waals surface area contributed by atoms with Gasteiger partial charge in [0.1, 0.15) is 5.70 Å². The molecule has 2 heterocycles. The minimum atomic E-state index is -0.504. The quantitative estimate of drug-likeness (QED) is 0.333. The predicted octanol–water partition coefficient (Wildman–Crippen LogP) is 4.60. The number of imide groups is 1. The van der Waals surface area contributed by atoms with Gasteiger partial charge in [0.25, 0.3) is 17.5 Å². The highest BCUT2D eigenvalue weighted by Crippen LogP contribution is 2.40. The van der Waals surface area contributed by atoms with Crippen LogP contribution in [0.1, 0.15) is 11.1 Å². The second-order valence-electron chi connectivity index (χ2n) is 7.48. The number of hydrogen-bond donors (Lipinski definition) is 0. The second kappa shape index (κ2) is 7.62. The molecule has 158 valence electrons. The molecule has 0 aliphatic carbocycles. The molecule has 0 N–H and O–H groups in total. The van der Waals surface area contributed by atoms with Gasteiger partial charge in [0.15, 0.2) is 0 Å². The number of halogens is 1. The van der Waals surface area contributed by atoms with Crippen LogP contribution in [0, 0.1) is 10.1 Å². The van der Waals surface area contributed by atoms with Gasteiger partial charge < -0.3 is 4.90 Å². The van der Waals surface area contributed by atoms with E-state index >= 15 is 0 Å². The number of amides is 2. The van der Waals surface area contributed by atoms with Crippen LogP contribution in [0.4, 0.5) is 17.1 Å². The molecule has 0 saturated heterocycles. The first-order valence-electron chi connectivity index (χ1n) is 9.94. The third-order valence-corrected chi connectivity index (χ3v) is 5.88. The maximum Gasteiger partial charge on any atom is 0.282 e. The van der Waals surface area contributed by atoms with Gasteiger partial charge in [-0.15, -0.1) is 0 Å². The lowest BCUT2D eigenvalue weighted by Crippen LogP contribution is -2.34. The summed E-state index contributed by atoms with van der Waals surface area (Å²) in [6.45, 7) is 0.549. The van der Waals surface area contributed by atoms with Gasteiger partial charge in [0.05, 0.1) is 16.2 Å². The van der Waals surface area contributed by atoms with Gasteiger partial charge in [-0.2, -0.15) is 0 Å². The van der Waals surface area contributed by atoms with E-state index in [0.29, 0.717) is 22.8 Å². The van der Waals surface area contributed by atoms with Crippen molar-refractivity contribution in [1.29, 1.82) is 0 Å². The van der Waals surface area contributed by atoms with Crippen molar-refractivity contribution in [2.45, 2.75) is 6.42 Å². The number of hydrogen-bond acceptors (Lipinski definition) is 5. The SMILES string of the molecule is O=C1C(c2ccc([N+](=O)[O-])cc2)=C(N2CCc3ccccc32)C(=O)N1c1cccc(Cl)c1. The number of nitro groups is 1. The summed E-state index contributed by atoms with van der Waals surface area (Å²) in [5, 5.41) is 11.5. The Morgan fingerprint density at radius 2 is 1.66 bits per heavy atom. The average molecular weight is 446 g/mol. The minimum absolute atomic E-state index is 0.0918. The zero-order valence-corrected chi connectivity index (χ0v) is 17.5. The summed E-state index contributed by atoms with van der Waals surface area (Å²) in [6, 6.07) is 20.0. The molecule has 8 heteroatoms. The Hall–Kier alpha value is -3.97. The lowest BCUT2D eigenvalue weighted by Gasteiger charge is -2.22. The van der Waals surface area contributed by atoms with Crippen LogP contribution in [0.15, 0.2) is 78.5 Å². The summed E-state index contributed by atoms with van der Waals surface area (Å²) in [7, 11) is 0. The van der Waals surface area contributed by atoms with Gasteiger partial charge in [-0.25, -0.2) is 4.90 Å². The van der Waals surface area contributed by atoms with E-state index in [1.165, 1.54) is 24.3 Å². The molecule has 32 heavy (non-hydrogen) atoms. The maximum atomic E-state index is 13.6. The van der Waals surface area contributed by atoms with E-state index in [1.54, 1.807) is 24.3 Å². The molecule has 0 spiro atoms. The van der Waals surface area contributed by atoms with Gasteiger partial charge in [0.2, 0.25) is 0 Å². The fourth-order valence-electron chi connectivity index (χ4n) is 4.20. The first-order chi connectivity index (χ1) is 15.5. The lowest BCUT2D eigenvalue weighted by atomic mass is 10.0. The molecule has 2 aliphatic heterocycles. The summed E-state index contributed by atoms with van der Waals surface area (Å²) in [6.07, 6.45) is 0.742. The standard InChI is InChI=1S/C24H16ClN3O4/c25-17-5-3-6-19(14-17)27-23(29)21(16-8-10-18(11-9-16)28(31)32)22(24(27)30)26-13-12-15-4-1-2-7-20(15)26/h1-11,14H,12-13H2. The Labute approximate surface area is 188 Å². The number of nitro benzene ring substituents is 1. The zero-order chi connectivity index (χ0) is 22.4.